The first-order valence-electron chi connectivity index (χ1n) is 10.9. The Labute approximate surface area is 175 Å². The predicted octanol–water partition coefficient (Wildman–Crippen LogP) is 1.44. The first-order chi connectivity index (χ1) is 14.5. The number of aryl methyl sites for hydroxylation is 1. The van der Waals surface area contributed by atoms with Crippen molar-refractivity contribution in [3.05, 3.63) is 23.5 Å². The molecular weight excluding hydrogens is 382 g/mol. The zero-order valence-corrected chi connectivity index (χ0v) is 17.6. The summed E-state index contributed by atoms with van der Waals surface area (Å²) in [4.78, 5) is 26.4. The maximum atomic E-state index is 13.2. The highest BCUT2D eigenvalue weighted by atomic mass is 16.5. The van der Waals surface area contributed by atoms with Gasteiger partial charge in [-0.2, -0.15) is 5.10 Å². The Bertz CT molecular complexity index is 987. The summed E-state index contributed by atoms with van der Waals surface area (Å²) < 4.78 is 7.32. The summed E-state index contributed by atoms with van der Waals surface area (Å²) in [5.74, 6) is 0.974. The summed E-state index contributed by atoms with van der Waals surface area (Å²) >= 11 is 0. The lowest BCUT2D eigenvalue weighted by atomic mass is 9.98. The Hall–Kier alpha value is -2.68. The van der Waals surface area contributed by atoms with E-state index in [1.54, 1.807) is 0 Å². The Morgan fingerprint density at radius 2 is 2.13 bits per heavy atom. The number of piperidine rings is 1. The number of hydrogen-bond donors (Lipinski definition) is 1. The smallest absolute Gasteiger partial charge is 0.266 e. The Morgan fingerprint density at radius 1 is 1.27 bits per heavy atom. The van der Waals surface area contributed by atoms with Gasteiger partial charge in [0, 0.05) is 43.5 Å². The second-order valence-corrected chi connectivity index (χ2v) is 8.71. The third kappa shape index (κ3) is 3.30. The lowest BCUT2D eigenvalue weighted by Crippen LogP contribution is -2.46. The minimum atomic E-state index is -0.533. The summed E-state index contributed by atoms with van der Waals surface area (Å²) in [6.07, 6.45) is 6.84. The molecule has 2 unspecified atom stereocenters. The van der Waals surface area contributed by atoms with Crippen LogP contribution in [-0.4, -0.2) is 69.6 Å². The van der Waals surface area contributed by atoms with Gasteiger partial charge < -0.3 is 20.3 Å². The monoisotopic (exact) mass is 411 g/mol. The summed E-state index contributed by atoms with van der Waals surface area (Å²) in [5.41, 5.74) is 8.85. The number of aromatic nitrogens is 3. The molecule has 0 spiro atoms. The fourth-order valence-electron chi connectivity index (χ4n) is 4.80. The maximum absolute atomic E-state index is 13.2. The first kappa shape index (κ1) is 19.3. The van der Waals surface area contributed by atoms with E-state index in [-0.39, 0.29) is 24.0 Å². The van der Waals surface area contributed by atoms with Gasteiger partial charge in [-0.25, -0.2) is 9.50 Å². The molecule has 2 aromatic rings. The minimum absolute atomic E-state index is 0.00219. The summed E-state index contributed by atoms with van der Waals surface area (Å²) in [7, 11) is 0. The van der Waals surface area contributed by atoms with Crippen LogP contribution < -0.4 is 10.6 Å². The number of carbonyl (C=O) groups excluding carboxylic acids is 1. The SMILES string of the molecule is Cc1cn2nc([C@@H]3CCCCN3C(=O)C3OC=NC3C)cc2nc1N1CC[C@H](N)C1. The number of aliphatic imine (C=N–C) groups is 1. The van der Waals surface area contributed by atoms with Crippen LogP contribution in [0.1, 0.15) is 49.9 Å². The van der Waals surface area contributed by atoms with Gasteiger partial charge in [0.2, 0.25) is 0 Å². The average molecular weight is 412 g/mol. The van der Waals surface area contributed by atoms with Gasteiger partial charge in [-0.05, 0) is 39.5 Å². The van der Waals surface area contributed by atoms with Crippen molar-refractivity contribution in [2.45, 2.75) is 63.8 Å². The number of likely N-dealkylation sites (tertiary alicyclic amines) is 1. The second kappa shape index (κ2) is 7.54. The minimum Gasteiger partial charge on any atom is -0.468 e. The van der Waals surface area contributed by atoms with Crippen molar-refractivity contribution in [3.63, 3.8) is 0 Å². The zero-order chi connectivity index (χ0) is 20.8. The fourth-order valence-corrected chi connectivity index (χ4v) is 4.80. The van der Waals surface area contributed by atoms with Crippen molar-refractivity contribution >= 4 is 23.8 Å². The van der Waals surface area contributed by atoms with Crippen LogP contribution in [0.3, 0.4) is 0 Å². The van der Waals surface area contributed by atoms with Crippen molar-refractivity contribution in [2.75, 3.05) is 24.5 Å². The van der Waals surface area contributed by atoms with Gasteiger partial charge in [-0.1, -0.05) is 0 Å². The third-order valence-corrected chi connectivity index (χ3v) is 6.46. The topological polar surface area (TPSA) is 101 Å². The van der Waals surface area contributed by atoms with E-state index in [0.717, 1.165) is 61.5 Å². The van der Waals surface area contributed by atoms with E-state index in [4.69, 9.17) is 20.6 Å². The molecule has 160 valence electrons. The first-order valence-corrected chi connectivity index (χ1v) is 10.9. The molecule has 2 aromatic heterocycles. The van der Waals surface area contributed by atoms with Gasteiger partial charge in [-0.15, -0.1) is 0 Å². The van der Waals surface area contributed by atoms with E-state index >= 15 is 0 Å². The quantitative estimate of drug-likeness (QED) is 0.820. The molecule has 3 aliphatic rings. The molecule has 4 atom stereocenters. The molecule has 5 heterocycles. The second-order valence-electron chi connectivity index (χ2n) is 8.71. The molecule has 0 aliphatic carbocycles. The molecule has 9 heteroatoms. The lowest BCUT2D eigenvalue weighted by Gasteiger charge is -2.36. The van der Waals surface area contributed by atoms with Crippen LogP contribution in [0.15, 0.2) is 17.3 Å². The van der Waals surface area contributed by atoms with Crippen LogP contribution in [0.2, 0.25) is 0 Å². The zero-order valence-electron chi connectivity index (χ0n) is 17.6. The molecule has 5 rings (SSSR count). The summed E-state index contributed by atoms with van der Waals surface area (Å²) in [5, 5.41) is 4.80. The van der Waals surface area contributed by atoms with Gasteiger partial charge in [0.15, 0.2) is 18.2 Å². The number of anilines is 1. The van der Waals surface area contributed by atoms with Gasteiger partial charge in [0.05, 0.1) is 17.8 Å². The molecular formula is C21H29N7O2. The molecule has 2 fully saturated rings. The fraction of sp³-hybridized carbons (Fsp3) is 0.619. The van der Waals surface area contributed by atoms with Gasteiger partial charge in [-0.3, -0.25) is 9.79 Å². The van der Waals surface area contributed by atoms with E-state index in [1.807, 2.05) is 28.6 Å². The van der Waals surface area contributed by atoms with Crippen LogP contribution in [-0.2, 0) is 9.53 Å². The number of nitrogens with zero attached hydrogens (tertiary/aromatic N) is 6. The van der Waals surface area contributed by atoms with E-state index in [1.165, 1.54) is 6.40 Å². The third-order valence-electron chi connectivity index (χ3n) is 6.46. The Balaban J connectivity index is 1.44. The normalized spacial score (nSPS) is 29.0. The van der Waals surface area contributed by atoms with Crippen molar-refractivity contribution in [3.8, 4) is 0 Å². The van der Waals surface area contributed by atoms with E-state index in [2.05, 4.69) is 16.8 Å². The molecule has 0 bridgehead atoms. The van der Waals surface area contributed by atoms with Crippen LogP contribution >= 0.6 is 0 Å². The molecule has 0 radical (unpaired) electrons. The molecule has 2 N–H and O–H groups in total. The molecule has 3 aliphatic heterocycles. The van der Waals surface area contributed by atoms with Crippen molar-refractivity contribution < 1.29 is 9.53 Å². The molecule has 2 saturated heterocycles. The maximum Gasteiger partial charge on any atom is 0.266 e. The van der Waals surface area contributed by atoms with Gasteiger partial charge in [0.25, 0.3) is 5.91 Å². The number of fused-ring (bicyclic) bond motifs is 1. The van der Waals surface area contributed by atoms with Crippen LogP contribution in [0.4, 0.5) is 5.82 Å². The Morgan fingerprint density at radius 3 is 2.87 bits per heavy atom. The number of amides is 1. The molecule has 0 saturated carbocycles. The van der Waals surface area contributed by atoms with Crippen LogP contribution in [0, 0.1) is 6.92 Å². The van der Waals surface area contributed by atoms with Crippen molar-refractivity contribution in [1.82, 2.24) is 19.5 Å². The van der Waals surface area contributed by atoms with Crippen molar-refractivity contribution in [1.29, 1.82) is 0 Å². The Kier molecular flexibility index (Phi) is 4.85. The average Bonchev–Trinajstić information content (AvgIpc) is 3.46. The highest BCUT2D eigenvalue weighted by Crippen LogP contribution is 2.33. The summed E-state index contributed by atoms with van der Waals surface area (Å²) in [6, 6.07) is 2.01. The highest BCUT2D eigenvalue weighted by Gasteiger charge is 2.38. The molecule has 1 amide bonds. The number of rotatable bonds is 3. The molecule has 0 aromatic carbocycles. The molecule has 30 heavy (non-hydrogen) atoms. The summed E-state index contributed by atoms with van der Waals surface area (Å²) in [6.45, 7) is 6.44. The largest absolute Gasteiger partial charge is 0.468 e. The van der Waals surface area contributed by atoms with Crippen molar-refractivity contribution in [2.24, 2.45) is 10.7 Å². The van der Waals surface area contributed by atoms with E-state index < -0.39 is 6.10 Å². The van der Waals surface area contributed by atoms with Gasteiger partial charge in [0.1, 0.15) is 5.82 Å². The standard InChI is InChI=1S/C21H29N7O2/c1-13-10-28-18(24-20(13)26-8-6-15(22)11-26)9-16(25-28)17-5-3-4-7-27(17)21(29)19-14(2)23-12-30-19/h9-10,12,14-15,17,19H,3-8,11,22H2,1-2H3/t14?,15-,17-,19?/m0/s1. The highest BCUT2D eigenvalue weighted by molar-refractivity contribution is 5.84. The van der Waals surface area contributed by atoms with Gasteiger partial charge >= 0.3 is 0 Å². The number of hydrogen-bond acceptors (Lipinski definition) is 7. The van der Waals surface area contributed by atoms with E-state index in [0.29, 0.717) is 6.54 Å². The number of carbonyl (C=O) groups is 1. The van der Waals surface area contributed by atoms with Crippen LogP contribution in [0.5, 0.6) is 0 Å². The lowest BCUT2D eigenvalue weighted by molar-refractivity contribution is -0.143. The number of nitrogens with two attached hydrogens (primary N) is 1. The molecule has 9 nitrogen and oxygen atoms in total. The van der Waals surface area contributed by atoms with Crippen LogP contribution in [0.25, 0.3) is 5.65 Å². The predicted molar refractivity (Wildman–Crippen MR) is 114 cm³/mol. The van der Waals surface area contributed by atoms with E-state index in [9.17, 15) is 4.79 Å². The number of ether oxygens (including phenoxy) is 1.